The highest BCUT2D eigenvalue weighted by atomic mass is 16.5. The van der Waals surface area contributed by atoms with E-state index in [0.29, 0.717) is 30.9 Å². The molecular weight excluding hydrogens is 340 g/mol. The van der Waals surface area contributed by atoms with Crippen LogP contribution in [0.25, 0.3) is 0 Å². The van der Waals surface area contributed by atoms with Gasteiger partial charge in [0.05, 0.1) is 12.3 Å². The van der Waals surface area contributed by atoms with E-state index in [4.69, 9.17) is 10.5 Å². The van der Waals surface area contributed by atoms with Crippen LogP contribution >= 0.6 is 0 Å². The lowest BCUT2D eigenvalue weighted by Crippen LogP contribution is -2.55. The van der Waals surface area contributed by atoms with Crippen molar-refractivity contribution in [1.29, 1.82) is 0 Å². The number of rotatable bonds is 3. The van der Waals surface area contributed by atoms with Gasteiger partial charge in [0.15, 0.2) is 0 Å². The average Bonchev–Trinajstić information content (AvgIpc) is 3.16. The van der Waals surface area contributed by atoms with E-state index >= 15 is 0 Å². The number of hydrogen-bond acceptors (Lipinski definition) is 5. The van der Waals surface area contributed by atoms with E-state index in [-0.39, 0.29) is 19.1 Å². The molecule has 3 aliphatic rings. The van der Waals surface area contributed by atoms with E-state index in [1.807, 2.05) is 0 Å². The maximum absolute atomic E-state index is 12.9. The average molecular weight is 357 g/mol. The first-order valence-electron chi connectivity index (χ1n) is 8.25. The van der Waals surface area contributed by atoms with Crippen LogP contribution in [0.2, 0.25) is 0 Å². The summed E-state index contributed by atoms with van der Waals surface area (Å²) in [6, 6.07) is 5.89. The fraction of sp³-hybridized carbons (Fsp3) is 0.353. The molecule has 9 nitrogen and oxygen atoms in total. The Balaban J connectivity index is 1.64. The first-order chi connectivity index (χ1) is 12.5. The molecule has 9 heteroatoms. The molecule has 1 aromatic rings. The maximum Gasteiger partial charge on any atom is 0.332 e. The van der Waals surface area contributed by atoms with Gasteiger partial charge in [0.2, 0.25) is 5.54 Å². The van der Waals surface area contributed by atoms with Crippen molar-refractivity contribution in [1.82, 2.24) is 4.90 Å². The summed E-state index contributed by atoms with van der Waals surface area (Å²) < 4.78 is 5.10. The Labute approximate surface area is 149 Å². The van der Waals surface area contributed by atoms with Gasteiger partial charge in [-0.3, -0.25) is 14.4 Å². The fourth-order valence-corrected chi connectivity index (χ4v) is 3.66. The van der Waals surface area contributed by atoms with Crippen molar-refractivity contribution in [2.24, 2.45) is 5.73 Å². The quantitative estimate of drug-likeness (QED) is 0.587. The van der Waals surface area contributed by atoms with Gasteiger partial charge in [-0.1, -0.05) is 0 Å². The van der Waals surface area contributed by atoms with Crippen molar-refractivity contribution >= 4 is 35.1 Å². The molecule has 0 unspecified atom stereocenters. The molecule has 0 bridgehead atoms. The number of urea groups is 1. The summed E-state index contributed by atoms with van der Waals surface area (Å²) in [5.41, 5.74) is 4.71. The molecule has 135 valence electrons. The van der Waals surface area contributed by atoms with Gasteiger partial charge in [0, 0.05) is 25.2 Å². The van der Waals surface area contributed by atoms with E-state index in [1.54, 1.807) is 29.2 Å². The van der Waals surface area contributed by atoms with Crippen LogP contribution in [0.1, 0.15) is 6.42 Å². The Morgan fingerprint density at radius 3 is 2.38 bits per heavy atom. The number of anilines is 2. The molecule has 1 aromatic carbocycles. The van der Waals surface area contributed by atoms with Crippen molar-refractivity contribution in [3.05, 3.63) is 30.7 Å². The van der Waals surface area contributed by atoms with E-state index in [2.05, 4.69) is 0 Å². The summed E-state index contributed by atoms with van der Waals surface area (Å²) in [5.74, 6) is -1.67. The highest BCUT2D eigenvalue weighted by Crippen LogP contribution is 2.39. The molecule has 1 atom stereocenters. The Kier molecular flexibility index (Phi) is 3.69. The predicted molar refractivity (Wildman–Crippen MR) is 90.0 cm³/mol. The van der Waals surface area contributed by atoms with Gasteiger partial charge >= 0.3 is 6.03 Å². The molecule has 0 aliphatic carbocycles. The third-order valence-electron chi connectivity index (χ3n) is 4.95. The molecule has 3 fully saturated rings. The zero-order valence-corrected chi connectivity index (χ0v) is 13.9. The number of fused-ring (bicyclic) bond motifs is 1. The topological polar surface area (TPSA) is 113 Å². The van der Waals surface area contributed by atoms with Crippen molar-refractivity contribution in [3.8, 4) is 0 Å². The van der Waals surface area contributed by atoms with E-state index < -0.39 is 23.4 Å². The Bertz CT molecular complexity index is 808. The number of carbonyl (C=O) groups is 4. The second-order valence-corrected chi connectivity index (χ2v) is 6.31. The van der Waals surface area contributed by atoms with Crippen LogP contribution < -0.4 is 15.5 Å². The largest absolute Gasteiger partial charge is 0.370 e. The van der Waals surface area contributed by atoms with Crippen LogP contribution in [0.15, 0.2) is 24.3 Å². The molecule has 4 rings (SSSR count). The number of carbonyl (C=O) groups excluding carboxylic acids is 4. The van der Waals surface area contributed by atoms with Gasteiger partial charge in [0.25, 0.3) is 17.7 Å². The molecule has 3 heterocycles. The van der Waals surface area contributed by atoms with Gasteiger partial charge in [-0.25, -0.2) is 9.69 Å². The van der Waals surface area contributed by atoms with E-state index in [9.17, 15) is 19.2 Å². The van der Waals surface area contributed by atoms with Crippen LogP contribution in [0.3, 0.4) is 0 Å². The lowest BCUT2D eigenvalue weighted by Gasteiger charge is -2.27. The van der Waals surface area contributed by atoms with Crippen LogP contribution in [0.4, 0.5) is 16.2 Å². The number of amides is 5. The smallest absolute Gasteiger partial charge is 0.332 e. The molecule has 2 N–H and O–H groups in total. The lowest BCUT2D eigenvalue weighted by molar-refractivity contribution is -0.134. The zero-order chi connectivity index (χ0) is 18.5. The summed E-state index contributed by atoms with van der Waals surface area (Å²) in [5, 5.41) is 0. The van der Waals surface area contributed by atoms with Gasteiger partial charge in [0.1, 0.15) is 6.61 Å². The minimum Gasteiger partial charge on any atom is -0.370 e. The van der Waals surface area contributed by atoms with Crippen molar-refractivity contribution < 1.29 is 23.9 Å². The van der Waals surface area contributed by atoms with Crippen molar-refractivity contribution in [2.75, 3.05) is 36.1 Å². The first-order valence-corrected chi connectivity index (χ1v) is 8.25. The molecule has 0 aromatic heterocycles. The van der Waals surface area contributed by atoms with Gasteiger partial charge in [-0.15, -0.1) is 0 Å². The molecule has 3 aliphatic heterocycles. The van der Waals surface area contributed by atoms with Gasteiger partial charge < -0.3 is 20.3 Å². The number of nitrogens with two attached hydrogens (primary N) is 1. The summed E-state index contributed by atoms with van der Waals surface area (Å²) in [6.07, 6.45) is 1.93. The Morgan fingerprint density at radius 1 is 1.08 bits per heavy atom. The number of ether oxygens (including phenoxy) is 1. The number of imide groups is 1. The summed E-state index contributed by atoms with van der Waals surface area (Å²) in [7, 11) is 0. The highest BCUT2D eigenvalue weighted by Gasteiger charge is 2.64. The SMILES string of the molecule is NC(=O)[C@]12[CH]CCN1C(=O)N(c1ccc(N3CCOCC3=O)cc1)C2=O. The highest BCUT2D eigenvalue weighted by molar-refractivity contribution is 6.32. The molecule has 3 saturated heterocycles. The normalized spacial score (nSPS) is 25.8. The molecule has 26 heavy (non-hydrogen) atoms. The third-order valence-corrected chi connectivity index (χ3v) is 4.95. The third kappa shape index (κ3) is 2.13. The van der Waals surface area contributed by atoms with Crippen LogP contribution in [-0.2, 0) is 19.1 Å². The van der Waals surface area contributed by atoms with Crippen molar-refractivity contribution in [2.45, 2.75) is 12.0 Å². The predicted octanol–water partition coefficient (Wildman–Crippen LogP) is -0.350. The van der Waals surface area contributed by atoms with Gasteiger partial charge in [-0.05, 0) is 30.7 Å². The van der Waals surface area contributed by atoms with Crippen molar-refractivity contribution in [3.63, 3.8) is 0 Å². The van der Waals surface area contributed by atoms with Crippen LogP contribution in [-0.4, -0.2) is 60.5 Å². The maximum atomic E-state index is 12.9. The van der Waals surface area contributed by atoms with Gasteiger partial charge in [-0.2, -0.15) is 0 Å². The Morgan fingerprint density at radius 2 is 1.77 bits per heavy atom. The van der Waals surface area contributed by atoms with Crippen LogP contribution in [0.5, 0.6) is 0 Å². The number of primary amides is 1. The second-order valence-electron chi connectivity index (χ2n) is 6.31. The minimum absolute atomic E-state index is 0.0246. The summed E-state index contributed by atoms with van der Waals surface area (Å²) in [6.45, 7) is 1.18. The van der Waals surface area contributed by atoms with E-state index in [0.717, 1.165) is 4.90 Å². The first kappa shape index (κ1) is 16.5. The molecule has 1 radical (unpaired) electrons. The zero-order valence-electron chi connectivity index (χ0n) is 13.9. The summed E-state index contributed by atoms with van der Waals surface area (Å²) in [4.78, 5) is 53.1. The lowest BCUT2D eigenvalue weighted by atomic mass is 9.95. The molecular formula is C17H17N4O5. The monoisotopic (exact) mass is 357 g/mol. The number of hydrogen-bond donors (Lipinski definition) is 1. The molecule has 5 amide bonds. The second kappa shape index (κ2) is 5.80. The fourth-order valence-electron chi connectivity index (χ4n) is 3.66. The number of morpholine rings is 1. The standard InChI is InChI=1S/C17H17N4O5/c18-14(23)17-6-1-7-20(17)16(25)21(15(17)24)12-4-2-11(3-5-12)19-8-9-26-10-13(19)22/h2-6H,1,7-10H2,(H2,18,23)/t17-/m0/s1. The molecule has 0 saturated carbocycles. The summed E-state index contributed by atoms with van der Waals surface area (Å²) >= 11 is 0. The van der Waals surface area contributed by atoms with Crippen LogP contribution in [0, 0.1) is 6.42 Å². The minimum atomic E-state index is -1.70. The number of benzene rings is 1. The Hall–Kier alpha value is -2.94. The number of nitrogens with zero attached hydrogens (tertiary/aromatic N) is 3. The molecule has 0 spiro atoms. The van der Waals surface area contributed by atoms with E-state index in [1.165, 1.54) is 11.3 Å².